The lowest BCUT2D eigenvalue weighted by Gasteiger charge is -2.11. The van der Waals surface area contributed by atoms with Crippen molar-refractivity contribution in [1.29, 1.82) is 0 Å². The van der Waals surface area contributed by atoms with Gasteiger partial charge in [-0.05, 0) is 48.5 Å². The van der Waals surface area contributed by atoms with E-state index in [1.807, 2.05) is 0 Å². The van der Waals surface area contributed by atoms with Crippen LogP contribution in [0.15, 0.2) is 71.1 Å². The van der Waals surface area contributed by atoms with Gasteiger partial charge in [-0.1, -0.05) is 12.1 Å². The maximum Gasteiger partial charge on any atom is 0.293 e. The molecule has 0 bridgehead atoms. The number of hydrogen-bond acceptors (Lipinski definition) is 6. The Bertz CT molecular complexity index is 1310. The van der Waals surface area contributed by atoms with Crippen LogP contribution in [0.4, 0.5) is 11.4 Å². The molecule has 0 saturated heterocycles. The lowest BCUT2D eigenvalue weighted by molar-refractivity contribution is 0.0999. The molecule has 2 amide bonds. The van der Waals surface area contributed by atoms with Crippen molar-refractivity contribution in [3.8, 4) is 17.2 Å². The van der Waals surface area contributed by atoms with Crippen LogP contribution in [0.25, 0.3) is 11.0 Å². The van der Waals surface area contributed by atoms with Crippen molar-refractivity contribution in [1.82, 2.24) is 0 Å². The number of ether oxygens (including phenoxy) is 3. The van der Waals surface area contributed by atoms with E-state index in [2.05, 4.69) is 10.6 Å². The monoisotopic (exact) mass is 446 g/mol. The largest absolute Gasteiger partial charge is 0.497 e. The van der Waals surface area contributed by atoms with E-state index in [-0.39, 0.29) is 17.4 Å². The second-order valence-corrected chi connectivity index (χ2v) is 7.01. The van der Waals surface area contributed by atoms with Gasteiger partial charge >= 0.3 is 0 Å². The maximum absolute atomic E-state index is 13.1. The molecule has 8 heteroatoms. The van der Waals surface area contributed by atoms with Gasteiger partial charge < -0.3 is 29.3 Å². The summed E-state index contributed by atoms with van der Waals surface area (Å²) in [4.78, 5) is 26.0. The second-order valence-electron chi connectivity index (χ2n) is 7.01. The Morgan fingerprint density at radius 2 is 1.48 bits per heavy atom. The molecule has 4 rings (SSSR count). The van der Waals surface area contributed by atoms with E-state index in [9.17, 15) is 9.59 Å². The van der Waals surface area contributed by atoms with Crippen LogP contribution in [0.1, 0.15) is 20.9 Å². The van der Waals surface area contributed by atoms with Gasteiger partial charge in [-0.2, -0.15) is 0 Å². The van der Waals surface area contributed by atoms with Crippen LogP contribution >= 0.6 is 0 Å². The third kappa shape index (κ3) is 4.45. The molecule has 0 saturated carbocycles. The summed E-state index contributed by atoms with van der Waals surface area (Å²) in [6.07, 6.45) is 0. The minimum Gasteiger partial charge on any atom is -0.497 e. The van der Waals surface area contributed by atoms with Crippen molar-refractivity contribution in [3.63, 3.8) is 0 Å². The van der Waals surface area contributed by atoms with E-state index in [1.165, 1.54) is 14.2 Å². The fraction of sp³-hybridized carbons (Fsp3) is 0.120. The molecule has 0 aliphatic rings. The molecular weight excluding hydrogens is 424 g/mol. The van der Waals surface area contributed by atoms with Gasteiger partial charge in [0.05, 0.1) is 21.3 Å². The number of hydrogen-bond donors (Lipinski definition) is 2. The van der Waals surface area contributed by atoms with Crippen LogP contribution < -0.4 is 24.8 Å². The lowest BCUT2D eigenvalue weighted by atomic mass is 10.1. The number of carbonyl (C=O) groups excluding carboxylic acids is 2. The second kappa shape index (κ2) is 9.35. The highest BCUT2D eigenvalue weighted by Crippen LogP contribution is 2.33. The highest BCUT2D eigenvalue weighted by molar-refractivity contribution is 6.16. The van der Waals surface area contributed by atoms with Crippen LogP contribution in [0.3, 0.4) is 0 Å². The van der Waals surface area contributed by atoms with E-state index in [0.29, 0.717) is 39.5 Å². The van der Waals surface area contributed by atoms with Crippen molar-refractivity contribution in [3.05, 3.63) is 78.1 Å². The summed E-state index contributed by atoms with van der Waals surface area (Å²) in [5.41, 5.74) is 1.64. The number of fused-ring (bicyclic) bond motifs is 1. The van der Waals surface area contributed by atoms with Gasteiger partial charge in [-0.25, -0.2) is 0 Å². The van der Waals surface area contributed by atoms with Gasteiger partial charge in [0.1, 0.15) is 17.0 Å². The topological polar surface area (TPSA) is 99.0 Å². The van der Waals surface area contributed by atoms with Crippen molar-refractivity contribution in [2.75, 3.05) is 32.0 Å². The van der Waals surface area contributed by atoms with Gasteiger partial charge in [0.25, 0.3) is 11.8 Å². The van der Waals surface area contributed by atoms with Gasteiger partial charge in [-0.3, -0.25) is 9.59 Å². The summed E-state index contributed by atoms with van der Waals surface area (Å²) in [6.45, 7) is 0. The number of anilines is 2. The zero-order valence-electron chi connectivity index (χ0n) is 18.3. The predicted octanol–water partition coefficient (Wildman–Crippen LogP) is 4.96. The number of furan rings is 1. The smallest absolute Gasteiger partial charge is 0.293 e. The number of para-hydroxylation sites is 1. The first-order valence-corrected chi connectivity index (χ1v) is 10.0. The molecule has 33 heavy (non-hydrogen) atoms. The standard InChI is InChI=1S/C25H22N2O6/c1-30-17-11-8-15(9-12-17)24(28)27-22-18-6-4-5-7-19(18)33-23(22)25(29)26-16-10-13-20(31-2)21(14-16)32-3/h4-14H,1-3H3,(H,26,29)(H,27,28). The number of rotatable bonds is 7. The number of nitrogens with one attached hydrogen (secondary N) is 2. The molecule has 0 fully saturated rings. The molecule has 0 aliphatic carbocycles. The molecule has 0 spiro atoms. The third-order valence-electron chi connectivity index (χ3n) is 5.03. The quantitative estimate of drug-likeness (QED) is 0.416. The van der Waals surface area contributed by atoms with Crippen LogP contribution in [0.5, 0.6) is 17.2 Å². The minimum absolute atomic E-state index is 0.0205. The molecule has 168 valence electrons. The van der Waals surface area contributed by atoms with Crippen molar-refractivity contribution < 1.29 is 28.2 Å². The van der Waals surface area contributed by atoms with Gasteiger partial charge in [0.15, 0.2) is 11.5 Å². The van der Waals surface area contributed by atoms with Crippen LogP contribution in [0.2, 0.25) is 0 Å². The van der Waals surface area contributed by atoms with Crippen LogP contribution in [0, 0.1) is 0 Å². The third-order valence-corrected chi connectivity index (χ3v) is 5.03. The highest BCUT2D eigenvalue weighted by Gasteiger charge is 2.23. The molecule has 1 aromatic heterocycles. The van der Waals surface area contributed by atoms with Gasteiger partial charge in [0.2, 0.25) is 5.76 Å². The number of carbonyl (C=O) groups is 2. The molecule has 0 radical (unpaired) electrons. The Balaban J connectivity index is 1.65. The number of methoxy groups -OCH3 is 3. The van der Waals surface area contributed by atoms with E-state index >= 15 is 0 Å². The Morgan fingerprint density at radius 1 is 0.758 bits per heavy atom. The van der Waals surface area contributed by atoms with E-state index < -0.39 is 5.91 Å². The average molecular weight is 446 g/mol. The Labute approximate surface area is 190 Å². The normalized spacial score (nSPS) is 10.5. The lowest BCUT2D eigenvalue weighted by Crippen LogP contribution is -2.17. The summed E-state index contributed by atoms with van der Waals surface area (Å²) in [5.74, 6) is 0.704. The molecule has 1 heterocycles. The van der Waals surface area contributed by atoms with Gasteiger partial charge in [-0.15, -0.1) is 0 Å². The average Bonchev–Trinajstić information content (AvgIpc) is 3.22. The molecule has 0 unspecified atom stereocenters. The maximum atomic E-state index is 13.1. The molecule has 0 atom stereocenters. The summed E-state index contributed by atoms with van der Waals surface area (Å²) in [7, 11) is 4.59. The first-order valence-electron chi connectivity index (χ1n) is 10.0. The Hall–Kier alpha value is -4.46. The summed E-state index contributed by atoms with van der Waals surface area (Å²) < 4.78 is 21.5. The number of benzene rings is 3. The van der Waals surface area contributed by atoms with Crippen LogP contribution in [-0.2, 0) is 0 Å². The van der Waals surface area contributed by atoms with Crippen molar-refractivity contribution in [2.24, 2.45) is 0 Å². The molecule has 2 N–H and O–H groups in total. The Morgan fingerprint density at radius 3 is 2.18 bits per heavy atom. The SMILES string of the molecule is COc1ccc(C(=O)Nc2c(C(=O)Nc3ccc(OC)c(OC)c3)oc3ccccc23)cc1. The van der Waals surface area contributed by atoms with Crippen molar-refractivity contribution in [2.45, 2.75) is 0 Å². The predicted molar refractivity (Wildman–Crippen MR) is 125 cm³/mol. The molecule has 4 aromatic rings. The van der Waals surface area contributed by atoms with E-state index in [0.717, 1.165) is 0 Å². The summed E-state index contributed by atoms with van der Waals surface area (Å²) >= 11 is 0. The number of amides is 2. The van der Waals surface area contributed by atoms with Crippen LogP contribution in [-0.4, -0.2) is 33.1 Å². The molecule has 3 aromatic carbocycles. The fourth-order valence-electron chi connectivity index (χ4n) is 3.36. The summed E-state index contributed by atoms with van der Waals surface area (Å²) in [5, 5.41) is 6.20. The Kier molecular flexibility index (Phi) is 6.17. The van der Waals surface area contributed by atoms with Crippen molar-refractivity contribution >= 4 is 34.2 Å². The zero-order valence-corrected chi connectivity index (χ0v) is 18.3. The first-order chi connectivity index (χ1) is 16.0. The molecular formula is C25H22N2O6. The van der Waals surface area contributed by atoms with E-state index in [1.54, 1.807) is 73.8 Å². The van der Waals surface area contributed by atoms with Gasteiger partial charge in [0, 0.05) is 22.7 Å². The molecule has 8 nitrogen and oxygen atoms in total. The van der Waals surface area contributed by atoms with E-state index in [4.69, 9.17) is 18.6 Å². The summed E-state index contributed by atoms with van der Waals surface area (Å²) in [6, 6.07) is 18.7. The highest BCUT2D eigenvalue weighted by atomic mass is 16.5. The molecule has 0 aliphatic heterocycles. The zero-order chi connectivity index (χ0) is 23.4. The first kappa shape index (κ1) is 21.8. The fourth-order valence-corrected chi connectivity index (χ4v) is 3.36. The minimum atomic E-state index is -0.525.